The van der Waals surface area contributed by atoms with Crippen LogP contribution in [0.2, 0.25) is 0 Å². The van der Waals surface area contributed by atoms with Crippen molar-refractivity contribution < 1.29 is 9.21 Å². The fraction of sp³-hybridized carbons (Fsp3) is 0.647. The Bertz CT molecular complexity index is 697. The minimum Gasteiger partial charge on any atom is -0.410 e. The van der Waals surface area contributed by atoms with Crippen LogP contribution in [-0.2, 0) is 4.79 Å². The molecule has 8 heteroatoms. The summed E-state index contributed by atoms with van der Waals surface area (Å²) in [5, 5.41) is 12.5. The molecule has 1 N–H and O–H groups in total. The van der Waals surface area contributed by atoms with Gasteiger partial charge >= 0.3 is 0 Å². The van der Waals surface area contributed by atoms with Gasteiger partial charge in [0.05, 0.1) is 16.5 Å². The Balaban J connectivity index is 1.78. The lowest BCUT2D eigenvalue weighted by atomic mass is 10.0. The van der Waals surface area contributed by atoms with Gasteiger partial charge in [0.1, 0.15) is 4.88 Å². The monoisotopic (exact) mass is 382 g/mol. The summed E-state index contributed by atoms with van der Waals surface area (Å²) in [5.74, 6) is 1.44. The second-order valence-corrected chi connectivity index (χ2v) is 8.73. The first-order valence-corrected chi connectivity index (χ1v) is 10.4. The molecule has 0 saturated carbocycles. The molecule has 2 heterocycles. The predicted octanol–water partition coefficient (Wildman–Crippen LogP) is 4.23. The van der Waals surface area contributed by atoms with Crippen LogP contribution in [0.3, 0.4) is 0 Å². The van der Waals surface area contributed by atoms with Crippen LogP contribution in [0.1, 0.15) is 50.7 Å². The summed E-state index contributed by atoms with van der Waals surface area (Å²) < 4.78 is 5.64. The third-order valence-corrected chi connectivity index (χ3v) is 5.54. The molecule has 0 fully saturated rings. The first kappa shape index (κ1) is 19.9. The van der Waals surface area contributed by atoms with E-state index in [4.69, 9.17) is 4.42 Å². The van der Waals surface area contributed by atoms with E-state index < -0.39 is 0 Å². The van der Waals surface area contributed by atoms with E-state index in [0.29, 0.717) is 17.0 Å². The number of carbonyl (C=O) groups excluding carboxylic acids is 1. The highest BCUT2D eigenvalue weighted by Crippen LogP contribution is 2.30. The third-order valence-electron chi connectivity index (χ3n) is 3.66. The molecule has 1 amide bonds. The summed E-state index contributed by atoms with van der Waals surface area (Å²) in [5.41, 5.74) is 0.885. The number of carbonyl (C=O) groups is 1. The molecule has 2 rings (SSSR count). The average Bonchev–Trinajstić information content (AvgIpc) is 3.10. The van der Waals surface area contributed by atoms with Gasteiger partial charge in [-0.25, -0.2) is 4.98 Å². The molecular formula is C17H26N4O2S2. The molecule has 2 aromatic rings. The Kier molecular flexibility index (Phi) is 7.43. The molecule has 6 nitrogen and oxygen atoms in total. The van der Waals surface area contributed by atoms with Crippen LogP contribution in [-0.4, -0.2) is 32.9 Å². The van der Waals surface area contributed by atoms with E-state index in [9.17, 15) is 4.79 Å². The molecular weight excluding hydrogens is 356 g/mol. The lowest BCUT2D eigenvalue weighted by Gasteiger charge is -2.14. The quantitative estimate of drug-likeness (QED) is 0.654. The van der Waals surface area contributed by atoms with E-state index in [2.05, 4.69) is 34.3 Å². The van der Waals surface area contributed by atoms with Gasteiger partial charge in [0.15, 0.2) is 0 Å². The maximum Gasteiger partial charge on any atom is 0.277 e. The van der Waals surface area contributed by atoms with Gasteiger partial charge in [0.25, 0.3) is 11.1 Å². The second-order valence-electron chi connectivity index (χ2n) is 6.60. The molecule has 2 aromatic heterocycles. The molecule has 0 spiro atoms. The summed E-state index contributed by atoms with van der Waals surface area (Å²) in [7, 11) is 0. The van der Waals surface area contributed by atoms with Crippen LogP contribution in [0.15, 0.2) is 9.64 Å². The first-order chi connectivity index (χ1) is 11.8. The Morgan fingerprint density at radius 2 is 2.00 bits per heavy atom. The van der Waals surface area contributed by atoms with Crippen molar-refractivity contribution in [2.24, 2.45) is 5.92 Å². The second kappa shape index (κ2) is 9.33. The molecule has 0 aliphatic carbocycles. The highest BCUT2D eigenvalue weighted by molar-refractivity contribution is 7.99. The first-order valence-electron chi connectivity index (χ1n) is 8.55. The standard InChI is InChI=1S/C17H26N4O2S2/c1-10(2)7-6-8-11(3)18-14(22)9-24-17-21-20-16(23-17)15-12(4)19-13(5)25-15/h10-11H,6-9H2,1-5H3,(H,18,22). The van der Waals surface area contributed by atoms with E-state index in [1.54, 1.807) is 0 Å². The van der Waals surface area contributed by atoms with Crippen molar-refractivity contribution in [2.75, 3.05) is 5.75 Å². The van der Waals surface area contributed by atoms with Gasteiger partial charge in [0.2, 0.25) is 5.91 Å². The Labute approximate surface area is 157 Å². The summed E-state index contributed by atoms with van der Waals surface area (Å²) in [6.07, 6.45) is 3.33. The number of aryl methyl sites for hydroxylation is 2. The molecule has 1 unspecified atom stereocenters. The number of hydrogen-bond acceptors (Lipinski definition) is 7. The predicted molar refractivity (Wildman–Crippen MR) is 102 cm³/mol. The van der Waals surface area contributed by atoms with Gasteiger partial charge in [-0.3, -0.25) is 4.79 Å². The number of nitrogens with zero attached hydrogens (tertiary/aromatic N) is 3. The van der Waals surface area contributed by atoms with Crippen molar-refractivity contribution in [1.82, 2.24) is 20.5 Å². The van der Waals surface area contributed by atoms with Crippen LogP contribution in [0.5, 0.6) is 0 Å². The molecule has 1 atom stereocenters. The highest BCUT2D eigenvalue weighted by atomic mass is 32.2. The lowest BCUT2D eigenvalue weighted by Crippen LogP contribution is -2.33. The zero-order valence-corrected chi connectivity index (χ0v) is 17.1. The smallest absolute Gasteiger partial charge is 0.277 e. The largest absolute Gasteiger partial charge is 0.410 e. The summed E-state index contributed by atoms with van der Waals surface area (Å²) in [6.45, 7) is 10.3. The summed E-state index contributed by atoms with van der Waals surface area (Å²) in [4.78, 5) is 17.3. The number of thiazole rings is 1. The molecule has 0 aromatic carbocycles. The van der Waals surface area contributed by atoms with Crippen LogP contribution >= 0.6 is 23.1 Å². The molecule has 0 bridgehead atoms. The van der Waals surface area contributed by atoms with E-state index >= 15 is 0 Å². The van der Waals surface area contributed by atoms with E-state index in [0.717, 1.165) is 28.4 Å². The van der Waals surface area contributed by atoms with Gasteiger partial charge < -0.3 is 9.73 Å². The molecule has 25 heavy (non-hydrogen) atoms. The number of amides is 1. The number of thioether (sulfide) groups is 1. The topological polar surface area (TPSA) is 80.9 Å². The van der Waals surface area contributed by atoms with Crippen molar-refractivity contribution in [3.63, 3.8) is 0 Å². The number of rotatable bonds is 9. The average molecular weight is 383 g/mol. The third kappa shape index (κ3) is 6.43. The maximum atomic E-state index is 12.0. The minimum absolute atomic E-state index is 0.00777. The van der Waals surface area contributed by atoms with Crippen molar-refractivity contribution >= 4 is 29.0 Å². The van der Waals surface area contributed by atoms with Crippen molar-refractivity contribution in [2.45, 2.75) is 65.1 Å². The molecule has 0 aliphatic heterocycles. The Morgan fingerprint density at radius 1 is 1.24 bits per heavy atom. The summed E-state index contributed by atoms with van der Waals surface area (Å²) >= 11 is 2.79. The van der Waals surface area contributed by atoms with Crippen molar-refractivity contribution in [3.05, 3.63) is 10.7 Å². The van der Waals surface area contributed by atoms with Crippen LogP contribution in [0.4, 0.5) is 0 Å². The van der Waals surface area contributed by atoms with Gasteiger partial charge in [-0.05, 0) is 33.1 Å². The van der Waals surface area contributed by atoms with Crippen LogP contribution in [0, 0.1) is 19.8 Å². The van der Waals surface area contributed by atoms with Crippen molar-refractivity contribution in [1.29, 1.82) is 0 Å². The maximum absolute atomic E-state index is 12.0. The molecule has 0 saturated heterocycles. The van der Waals surface area contributed by atoms with Crippen LogP contribution in [0.25, 0.3) is 10.8 Å². The Morgan fingerprint density at radius 3 is 2.64 bits per heavy atom. The molecule has 0 radical (unpaired) electrons. The SMILES string of the molecule is Cc1nc(C)c(-c2nnc(SCC(=O)NC(C)CCCC(C)C)o2)s1. The zero-order chi connectivity index (χ0) is 18.4. The molecule has 0 aliphatic rings. The van der Waals surface area contributed by atoms with Crippen molar-refractivity contribution in [3.8, 4) is 10.8 Å². The number of aromatic nitrogens is 3. The number of nitrogens with one attached hydrogen (secondary N) is 1. The van der Waals surface area contributed by atoms with Gasteiger partial charge in [-0.15, -0.1) is 21.5 Å². The number of hydrogen-bond donors (Lipinski definition) is 1. The fourth-order valence-electron chi connectivity index (χ4n) is 2.44. The normalized spacial score (nSPS) is 12.6. The van der Waals surface area contributed by atoms with Gasteiger partial charge in [-0.2, -0.15) is 0 Å². The zero-order valence-electron chi connectivity index (χ0n) is 15.5. The Hall–Kier alpha value is -1.41. The van der Waals surface area contributed by atoms with E-state index in [1.807, 2.05) is 20.8 Å². The fourth-order valence-corrected chi connectivity index (χ4v) is 3.85. The van der Waals surface area contributed by atoms with Gasteiger partial charge in [0, 0.05) is 6.04 Å². The lowest BCUT2D eigenvalue weighted by molar-refractivity contribution is -0.119. The molecule has 138 valence electrons. The van der Waals surface area contributed by atoms with Crippen LogP contribution < -0.4 is 5.32 Å². The minimum atomic E-state index is -0.00777. The van der Waals surface area contributed by atoms with E-state index in [-0.39, 0.29) is 17.7 Å². The van der Waals surface area contributed by atoms with Gasteiger partial charge in [-0.1, -0.05) is 38.5 Å². The summed E-state index contributed by atoms with van der Waals surface area (Å²) in [6, 6.07) is 0.188. The van der Waals surface area contributed by atoms with E-state index in [1.165, 1.54) is 29.5 Å². The highest BCUT2D eigenvalue weighted by Gasteiger charge is 2.16.